The predicted octanol–water partition coefficient (Wildman–Crippen LogP) is 3.53. The molecule has 2 nitrogen and oxygen atoms in total. The maximum atomic E-state index is 14.0. The van der Waals surface area contributed by atoms with Crippen molar-refractivity contribution in [2.24, 2.45) is 0 Å². The van der Waals surface area contributed by atoms with Crippen molar-refractivity contribution in [2.45, 2.75) is 24.2 Å². The number of nitrogens with zero attached hydrogens (tertiary/aromatic N) is 1. The Labute approximate surface area is 120 Å². The minimum Gasteiger partial charge on any atom is -0.311 e. The molecule has 0 spiro atoms. The molecule has 1 unspecified atom stereocenters. The summed E-state index contributed by atoms with van der Waals surface area (Å²) in [5, 5.41) is 0. The van der Waals surface area contributed by atoms with Crippen LogP contribution in [0.2, 0.25) is 0 Å². The molecule has 96 valence electrons. The molecule has 0 N–H and O–H groups in total. The van der Waals surface area contributed by atoms with Crippen LogP contribution in [0, 0.1) is 12.7 Å². The van der Waals surface area contributed by atoms with Gasteiger partial charge in [-0.25, -0.2) is 4.39 Å². The molecule has 0 fully saturated rings. The first-order valence-electron chi connectivity index (χ1n) is 5.96. The summed E-state index contributed by atoms with van der Waals surface area (Å²) in [6.07, 6.45) is 2.62. The zero-order valence-corrected chi connectivity index (χ0v) is 12.6. The summed E-state index contributed by atoms with van der Waals surface area (Å²) in [6.45, 7) is 4.33. The Morgan fingerprint density at radius 2 is 2.22 bits per heavy atom. The lowest BCUT2D eigenvalue weighted by Crippen LogP contribution is -2.38. The van der Waals surface area contributed by atoms with E-state index in [4.69, 9.17) is 0 Å². The van der Waals surface area contributed by atoms with Crippen LogP contribution in [0.1, 0.15) is 24.5 Å². The molecule has 1 atom stereocenters. The van der Waals surface area contributed by atoms with Gasteiger partial charge in [-0.15, -0.1) is 0 Å². The van der Waals surface area contributed by atoms with E-state index in [-0.39, 0.29) is 15.6 Å². The van der Waals surface area contributed by atoms with E-state index >= 15 is 0 Å². The molecular formula is C14H15FINO. The molecule has 1 aliphatic rings. The Bertz CT molecular complexity index is 513. The van der Waals surface area contributed by atoms with Crippen LogP contribution in [0.5, 0.6) is 0 Å². The molecule has 0 bridgehead atoms. The maximum Gasteiger partial charge on any atom is 0.240 e. The molecule has 0 aliphatic carbocycles. The Hall–Kier alpha value is -0.910. The fourth-order valence-corrected chi connectivity index (χ4v) is 2.71. The molecule has 18 heavy (non-hydrogen) atoms. The number of rotatable bonds is 2. The average Bonchev–Trinajstić information content (AvgIpc) is 2.33. The fraction of sp³-hybridized carbons (Fsp3) is 0.357. The van der Waals surface area contributed by atoms with Crippen molar-refractivity contribution in [1.29, 1.82) is 0 Å². The number of amides is 1. The molecule has 1 aromatic carbocycles. The van der Waals surface area contributed by atoms with Gasteiger partial charge in [0.05, 0.1) is 3.92 Å². The number of allylic oxidation sites excluding steroid dienone is 1. The highest BCUT2D eigenvalue weighted by Gasteiger charge is 2.29. The highest BCUT2D eigenvalue weighted by Crippen LogP contribution is 2.30. The first kappa shape index (κ1) is 13.5. The number of alkyl halides is 1. The lowest BCUT2D eigenvalue weighted by atomic mass is 10.0. The minimum atomic E-state index is -0.264. The van der Waals surface area contributed by atoms with Gasteiger partial charge in [-0.2, -0.15) is 0 Å². The summed E-state index contributed by atoms with van der Waals surface area (Å²) >= 11 is 2.14. The summed E-state index contributed by atoms with van der Waals surface area (Å²) in [5.41, 5.74) is 2.10. The number of carbonyl (C=O) groups is 1. The van der Waals surface area contributed by atoms with Crippen molar-refractivity contribution in [2.75, 3.05) is 6.54 Å². The molecule has 1 amide bonds. The van der Waals surface area contributed by atoms with Crippen LogP contribution in [-0.4, -0.2) is 21.3 Å². The summed E-state index contributed by atoms with van der Waals surface area (Å²) in [7, 11) is 0. The van der Waals surface area contributed by atoms with Crippen molar-refractivity contribution in [3.05, 3.63) is 41.2 Å². The Morgan fingerprint density at radius 3 is 2.83 bits per heavy atom. The summed E-state index contributed by atoms with van der Waals surface area (Å²) in [5.74, 6) is -0.199. The number of hydrogen-bond donors (Lipinski definition) is 0. The van der Waals surface area contributed by atoms with E-state index in [1.165, 1.54) is 6.07 Å². The summed E-state index contributed by atoms with van der Waals surface area (Å²) in [4.78, 5) is 13.7. The van der Waals surface area contributed by atoms with Crippen molar-refractivity contribution in [3.8, 4) is 0 Å². The molecule has 1 aromatic rings. The fourth-order valence-electron chi connectivity index (χ4n) is 2.12. The molecule has 1 heterocycles. The largest absolute Gasteiger partial charge is 0.311 e. The predicted molar refractivity (Wildman–Crippen MR) is 78.9 cm³/mol. The van der Waals surface area contributed by atoms with Gasteiger partial charge in [-0.05, 0) is 38.0 Å². The van der Waals surface area contributed by atoms with Crippen LogP contribution < -0.4 is 0 Å². The number of aryl methyl sites for hydroxylation is 1. The summed E-state index contributed by atoms with van der Waals surface area (Å²) in [6, 6.07) is 5.12. The number of hydrogen-bond acceptors (Lipinski definition) is 1. The second kappa shape index (κ2) is 5.38. The SMILES string of the molecule is CCN1C(=O)C(I)CC=C1c1ccc(C)cc1F. The highest BCUT2D eigenvalue weighted by atomic mass is 127. The molecule has 0 radical (unpaired) electrons. The van der Waals surface area contributed by atoms with E-state index in [0.717, 1.165) is 5.56 Å². The van der Waals surface area contributed by atoms with Gasteiger partial charge in [0.25, 0.3) is 0 Å². The first-order chi connectivity index (χ1) is 8.54. The second-order valence-electron chi connectivity index (χ2n) is 4.36. The van der Waals surface area contributed by atoms with Gasteiger partial charge in [0, 0.05) is 17.8 Å². The van der Waals surface area contributed by atoms with E-state index in [0.29, 0.717) is 24.2 Å². The van der Waals surface area contributed by atoms with Crippen molar-refractivity contribution < 1.29 is 9.18 Å². The standard InChI is InChI=1S/C14H15FINO/c1-3-17-13(7-6-12(16)14(17)18)10-5-4-9(2)8-11(10)15/h4-5,7-8,12H,3,6H2,1-2H3. The number of carbonyl (C=O) groups excluding carboxylic acids is 1. The van der Waals surface area contributed by atoms with Gasteiger partial charge in [0.1, 0.15) is 5.82 Å². The molecule has 0 aromatic heterocycles. The Morgan fingerprint density at radius 1 is 1.50 bits per heavy atom. The third kappa shape index (κ3) is 2.43. The molecule has 4 heteroatoms. The first-order valence-corrected chi connectivity index (χ1v) is 7.21. The third-order valence-electron chi connectivity index (χ3n) is 3.06. The second-order valence-corrected chi connectivity index (χ2v) is 5.86. The van der Waals surface area contributed by atoms with E-state index < -0.39 is 0 Å². The lowest BCUT2D eigenvalue weighted by Gasteiger charge is -2.30. The normalized spacial score (nSPS) is 20.0. The van der Waals surface area contributed by atoms with Crippen LogP contribution in [0.15, 0.2) is 24.3 Å². The van der Waals surface area contributed by atoms with Gasteiger partial charge in [-0.3, -0.25) is 4.79 Å². The minimum absolute atomic E-state index is 0.0418. The molecular weight excluding hydrogens is 344 g/mol. The third-order valence-corrected chi connectivity index (χ3v) is 4.10. The molecule has 1 aliphatic heterocycles. The van der Waals surface area contributed by atoms with Crippen molar-refractivity contribution in [1.82, 2.24) is 4.90 Å². The summed E-state index contributed by atoms with van der Waals surface area (Å²) < 4.78 is 13.9. The van der Waals surface area contributed by atoms with Crippen molar-refractivity contribution in [3.63, 3.8) is 0 Å². The van der Waals surface area contributed by atoms with Crippen LogP contribution in [-0.2, 0) is 4.79 Å². The molecule has 0 saturated carbocycles. The quantitative estimate of drug-likeness (QED) is 0.585. The van der Waals surface area contributed by atoms with Gasteiger partial charge in [-0.1, -0.05) is 34.7 Å². The zero-order chi connectivity index (χ0) is 13.3. The van der Waals surface area contributed by atoms with Crippen LogP contribution in [0.3, 0.4) is 0 Å². The number of benzene rings is 1. The van der Waals surface area contributed by atoms with Crippen LogP contribution in [0.4, 0.5) is 4.39 Å². The van der Waals surface area contributed by atoms with Crippen LogP contribution in [0.25, 0.3) is 5.70 Å². The Kier molecular flexibility index (Phi) is 4.04. The van der Waals surface area contributed by atoms with Gasteiger partial charge in [0.15, 0.2) is 0 Å². The zero-order valence-electron chi connectivity index (χ0n) is 10.4. The molecule has 2 rings (SSSR count). The monoisotopic (exact) mass is 359 g/mol. The van der Waals surface area contributed by atoms with Gasteiger partial charge in [0.2, 0.25) is 5.91 Å². The van der Waals surface area contributed by atoms with E-state index in [9.17, 15) is 9.18 Å². The van der Waals surface area contributed by atoms with Crippen molar-refractivity contribution >= 4 is 34.2 Å². The van der Waals surface area contributed by atoms with E-state index in [1.54, 1.807) is 11.0 Å². The molecule has 0 saturated heterocycles. The lowest BCUT2D eigenvalue weighted by molar-refractivity contribution is -0.127. The van der Waals surface area contributed by atoms with E-state index in [2.05, 4.69) is 22.6 Å². The number of halogens is 2. The Balaban J connectivity index is 2.45. The van der Waals surface area contributed by atoms with E-state index in [1.807, 2.05) is 26.0 Å². The highest BCUT2D eigenvalue weighted by molar-refractivity contribution is 14.1. The van der Waals surface area contributed by atoms with Gasteiger partial charge >= 0.3 is 0 Å². The topological polar surface area (TPSA) is 20.3 Å². The van der Waals surface area contributed by atoms with Crippen LogP contribution >= 0.6 is 22.6 Å². The smallest absolute Gasteiger partial charge is 0.240 e. The van der Waals surface area contributed by atoms with Gasteiger partial charge < -0.3 is 4.90 Å². The average molecular weight is 359 g/mol. The maximum absolute atomic E-state index is 14.0.